The van der Waals surface area contributed by atoms with Crippen LogP contribution in [0.3, 0.4) is 0 Å². The Hall–Kier alpha value is -0.740. The standard InChI is InChI=1S/C2H3FO2.C2H5F.CH3F.3CH4/c3-1-2(4)5;1-2-3;1-2;;;/h1H2,(H,4,5);2H2,1H3;1H3;3*1H4. The van der Waals surface area contributed by atoms with Gasteiger partial charge in [0.15, 0.2) is 0 Å². The third-order valence-electron chi connectivity index (χ3n) is 0.109. The molecule has 0 unspecified atom stereocenters. The van der Waals surface area contributed by atoms with Crippen LogP contribution in [0.4, 0.5) is 13.2 Å². The average molecular weight is 208 g/mol. The molecule has 0 N–H and O–H groups in total. The minimum Gasteiger partial charge on any atom is -0.547 e. The van der Waals surface area contributed by atoms with Gasteiger partial charge in [0.25, 0.3) is 0 Å². The number of hydrogen-bond acceptors (Lipinski definition) is 2. The second-order valence-electron chi connectivity index (χ2n) is 0.773. The number of halogens is 3. The molecule has 0 radical (unpaired) electrons. The first-order chi connectivity index (χ1) is 4.68. The van der Waals surface area contributed by atoms with E-state index in [0.29, 0.717) is 7.18 Å². The van der Waals surface area contributed by atoms with Gasteiger partial charge in [-0.1, -0.05) is 22.3 Å². The van der Waals surface area contributed by atoms with E-state index >= 15 is 0 Å². The average Bonchev–Trinajstić information content (AvgIpc) is 1.94. The van der Waals surface area contributed by atoms with E-state index < -0.39 is 12.6 Å². The Morgan fingerprint density at radius 3 is 1.31 bits per heavy atom. The molecule has 0 heterocycles. The molecule has 0 aliphatic heterocycles. The van der Waals surface area contributed by atoms with Gasteiger partial charge in [-0.25, -0.2) is 4.39 Å². The van der Waals surface area contributed by atoms with Crippen LogP contribution in [0.2, 0.25) is 0 Å². The molecule has 0 amide bonds. The summed E-state index contributed by atoms with van der Waals surface area (Å²) in [6, 6.07) is 0. The first kappa shape index (κ1) is 39.7. The molecule has 0 saturated carbocycles. The molecule has 5 heteroatoms. The van der Waals surface area contributed by atoms with Crippen LogP contribution in [0.15, 0.2) is 0 Å². The fourth-order valence-electron chi connectivity index (χ4n) is 0. The lowest BCUT2D eigenvalue weighted by Gasteiger charge is -1.84. The lowest BCUT2D eigenvalue weighted by molar-refractivity contribution is -0.306. The minimum absolute atomic E-state index is 0. The summed E-state index contributed by atoms with van der Waals surface area (Å²) in [5.74, 6) is -1.66. The summed E-state index contributed by atoms with van der Waals surface area (Å²) in [4.78, 5) is 8.88. The fraction of sp³-hybridized carbons (Fsp3) is 0.875. The van der Waals surface area contributed by atoms with Crippen LogP contribution in [0, 0.1) is 0 Å². The molecule has 0 fully saturated rings. The van der Waals surface area contributed by atoms with Gasteiger partial charge in [0.05, 0.1) is 19.8 Å². The van der Waals surface area contributed by atoms with Gasteiger partial charge in [-0.05, 0) is 6.92 Å². The molecule has 0 aromatic heterocycles. The molecule has 0 atom stereocenters. The number of carbonyl (C=O) groups is 1. The number of carboxylic acid groups (broad SMARTS) is 1. The van der Waals surface area contributed by atoms with Crippen LogP contribution in [0.25, 0.3) is 0 Å². The molecule has 0 rings (SSSR count). The summed E-state index contributed by atoms with van der Waals surface area (Å²) < 4.78 is 30.2. The molecule has 0 aromatic rings. The first-order valence-corrected chi connectivity index (χ1v) is 2.38. The number of hydrogen-bond donors (Lipinski definition) is 0. The Morgan fingerprint density at radius 1 is 1.23 bits per heavy atom. The van der Waals surface area contributed by atoms with Crippen molar-refractivity contribution in [2.45, 2.75) is 29.2 Å². The molecular formula is C8H23F3O2. The highest BCUT2D eigenvalue weighted by Crippen LogP contribution is 1.54. The summed E-state index contributed by atoms with van der Waals surface area (Å²) in [5, 5.41) is 8.88. The van der Waals surface area contributed by atoms with Crippen LogP contribution < -0.4 is 5.11 Å². The van der Waals surface area contributed by atoms with Gasteiger partial charge in [0.2, 0.25) is 0 Å². The predicted molar refractivity (Wildman–Crippen MR) is 51.0 cm³/mol. The third-order valence-corrected chi connectivity index (χ3v) is 0.109. The highest BCUT2D eigenvalue weighted by molar-refractivity contribution is 5.65. The Morgan fingerprint density at radius 2 is 1.31 bits per heavy atom. The molecule has 13 heavy (non-hydrogen) atoms. The van der Waals surface area contributed by atoms with E-state index in [1.54, 1.807) is 0 Å². The second kappa shape index (κ2) is 65.3. The number of carbonyl (C=O) groups excluding carboxylic acids is 1. The Bertz CT molecular complexity index is 66.5. The molecule has 0 bridgehead atoms. The van der Waals surface area contributed by atoms with Gasteiger partial charge in [-0.15, -0.1) is 0 Å². The maximum absolute atomic E-state index is 10.5. The van der Waals surface area contributed by atoms with E-state index in [4.69, 9.17) is 9.90 Å². The maximum atomic E-state index is 10.5. The zero-order valence-corrected chi connectivity index (χ0v) is 5.86. The molecule has 0 aliphatic carbocycles. The summed E-state index contributed by atoms with van der Waals surface area (Å²) >= 11 is 0. The van der Waals surface area contributed by atoms with Gasteiger partial charge < -0.3 is 9.90 Å². The molecule has 0 saturated heterocycles. The van der Waals surface area contributed by atoms with Crippen LogP contribution in [-0.4, -0.2) is 26.5 Å². The van der Waals surface area contributed by atoms with E-state index in [2.05, 4.69) is 0 Å². The van der Waals surface area contributed by atoms with Crippen molar-refractivity contribution in [3.8, 4) is 0 Å². The maximum Gasteiger partial charge on any atom is 1.00 e. The van der Waals surface area contributed by atoms with Crippen LogP contribution in [0.5, 0.6) is 0 Å². The van der Waals surface area contributed by atoms with Gasteiger partial charge in [-0.3, -0.25) is 8.78 Å². The zero-order chi connectivity index (χ0) is 8.99. The number of carboxylic acids is 1. The lowest BCUT2D eigenvalue weighted by atomic mass is 10.8. The monoisotopic (exact) mass is 208 g/mol. The summed E-state index contributed by atoms with van der Waals surface area (Å²) in [5.41, 5.74) is 0. The molecule has 2 nitrogen and oxygen atoms in total. The van der Waals surface area contributed by atoms with Gasteiger partial charge in [0, 0.05) is 0 Å². The molecule has 0 aliphatic rings. The van der Waals surface area contributed by atoms with Gasteiger partial charge >= 0.3 is 1.43 Å². The van der Waals surface area contributed by atoms with E-state index in [1.165, 1.54) is 6.92 Å². The topological polar surface area (TPSA) is 40.1 Å². The van der Waals surface area contributed by atoms with Crippen molar-refractivity contribution >= 4 is 5.97 Å². The zero-order valence-electron chi connectivity index (χ0n) is 6.86. The Balaban J connectivity index is -0.00000000993. The number of aliphatic carboxylic acids is 1. The highest BCUT2D eigenvalue weighted by Gasteiger charge is 1.70. The fourth-order valence-corrected chi connectivity index (χ4v) is 0. The van der Waals surface area contributed by atoms with Crippen molar-refractivity contribution in [3.05, 3.63) is 0 Å². The first-order valence-electron chi connectivity index (χ1n) is 2.38. The van der Waals surface area contributed by atoms with Gasteiger partial charge in [-0.2, -0.15) is 0 Å². The van der Waals surface area contributed by atoms with Crippen LogP contribution in [0.1, 0.15) is 30.6 Å². The molecule has 88 valence electrons. The third kappa shape index (κ3) is 608. The summed E-state index contributed by atoms with van der Waals surface area (Å²) in [6.45, 7) is -0.181. The van der Waals surface area contributed by atoms with E-state index in [1.807, 2.05) is 0 Å². The summed E-state index contributed by atoms with van der Waals surface area (Å²) in [6.07, 6.45) is 0. The minimum atomic E-state index is -1.66. The van der Waals surface area contributed by atoms with Crippen molar-refractivity contribution < 1.29 is 24.5 Å². The lowest BCUT2D eigenvalue weighted by Crippen LogP contribution is -2.23. The second-order valence-corrected chi connectivity index (χ2v) is 0.773. The van der Waals surface area contributed by atoms with E-state index in [-0.39, 0.29) is 30.4 Å². The summed E-state index contributed by atoms with van der Waals surface area (Å²) in [7, 11) is 0.500. The van der Waals surface area contributed by atoms with Crippen molar-refractivity contribution in [1.82, 2.24) is 0 Å². The smallest absolute Gasteiger partial charge is 0.547 e. The SMILES string of the molecule is C.C.C.CCF.CF.O=C([O-])CF.[H+]. The van der Waals surface area contributed by atoms with E-state index in [0.717, 1.165) is 0 Å². The van der Waals surface area contributed by atoms with Crippen molar-refractivity contribution in [2.24, 2.45) is 0 Å². The van der Waals surface area contributed by atoms with Crippen molar-refractivity contribution in [1.29, 1.82) is 0 Å². The molecule has 0 spiro atoms. The van der Waals surface area contributed by atoms with Crippen LogP contribution >= 0.6 is 0 Å². The Kier molecular flexibility index (Phi) is 199. The number of rotatable bonds is 1. The largest absolute Gasteiger partial charge is 1.00 e. The van der Waals surface area contributed by atoms with Crippen molar-refractivity contribution in [3.63, 3.8) is 0 Å². The normalized spacial score (nSPS) is 4.69. The predicted octanol–water partition coefficient (Wildman–Crippen LogP) is 2.29. The quantitative estimate of drug-likeness (QED) is 0.663. The van der Waals surface area contributed by atoms with Crippen LogP contribution in [-0.2, 0) is 4.79 Å². The Labute approximate surface area is 81.3 Å². The van der Waals surface area contributed by atoms with Crippen molar-refractivity contribution in [2.75, 3.05) is 20.5 Å². The van der Waals surface area contributed by atoms with E-state index in [9.17, 15) is 13.2 Å². The molecule has 0 aromatic carbocycles. The molecular weight excluding hydrogens is 185 g/mol. The number of alkyl halides is 3. The highest BCUT2D eigenvalue weighted by atomic mass is 19.1. The van der Waals surface area contributed by atoms with Gasteiger partial charge in [0.1, 0.15) is 6.67 Å².